The molecule has 1 aromatic heterocycles. The van der Waals surface area contributed by atoms with Gasteiger partial charge in [0.05, 0.1) is 11.3 Å². The van der Waals surface area contributed by atoms with Gasteiger partial charge in [-0.3, -0.25) is 4.79 Å². The first-order valence-electron chi connectivity index (χ1n) is 8.27. The number of ketones is 1. The monoisotopic (exact) mass is 340 g/mol. The van der Waals surface area contributed by atoms with Gasteiger partial charge < -0.3 is 10.1 Å². The maximum absolute atomic E-state index is 13.2. The van der Waals surface area contributed by atoms with E-state index in [1.165, 1.54) is 0 Å². The SMILES string of the molecule is O=C(C(=Nc1ccccc1)c1c(O)[nH]c2ccccc12)c1ccccc1. The first kappa shape index (κ1) is 15.8. The summed E-state index contributed by atoms with van der Waals surface area (Å²) in [6.45, 7) is 0. The number of aromatic hydroxyl groups is 1. The van der Waals surface area contributed by atoms with E-state index in [-0.39, 0.29) is 17.4 Å². The number of hydrogen-bond acceptors (Lipinski definition) is 3. The molecular formula is C22H16N2O2. The van der Waals surface area contributed by atoms with E-state index in [2.05, 4.69) is 9.98 Å². The zero-order chi connectivity index (χ0) is 17.9. The molecule has 0 saturated carbocycles. The summed E-state index contributed by atoms with van der Waals surface area (Å²) in [4.78, 5) is 20.7. The van der Waals surface area contributed by atoms with Crippen LogP contribution in [0.1, 0.15) is 15.9 Å². The van der Waals surface area contributed by atoms with Gasteiger partial charge in [0.2, 0.25) is 5.78 Å². The van der Waals surface area contributed by atoms with E-state index < -0.39 is 0 Å². The lowest BCUT2D eigenvalue weighted by Gasteiger charge is -2.07. The Kier molecular flexibility index (Phi) is 4.07. The Labute approximate surface area is 150 Å². The van der Waals surface area contributed by atoms with Crippen LogP contribution in [0.15, 0.2) is 89.9 Å². The van der Waals surface area contributed by atoms with E-state index in [0.717, 1.165) is 10.9 Å². The minimum Gasteiger partial charge on any atom is -0.494 e. The molecule has 0 aliphatic carbocycles. The van der Waals surface area contributed by atoms with Crippen LogP contribution < -0.4 is 0 Å². The number of H-pyrrole nitrogens is 1. The second-order valence-corrected chi connectivity index (χ2v) is 5.89. The molecule has 2 N–H and O–H groups in total. The zero-order valence-corrected chi connectivity index (χ0v) is 13.9. The van der Waals surface area contributed by atoms with Crippen molar-refractivity contribution >= 4 is 28.1 Å². The number of fused-ring (bicyclic) bond motifs is 1. The minimum atomic E-state index is -0.241. The fourth-order valence-electron chi connectivity index (χ4n) is 2.95. The normalized spacial score (nSPS) is 11.6. The number of para-hydroxylation sites is 2. The Bertz CT molecular complexity index is 1100. The average Bonchev–Trinajstić information content (AvgIpc) is 3.03. The molecule has 3 aromatic carbocycles. The fraction of sp³-hybridized carbons (Fsp3) is 0. The van der Waals surface area contributed by atoms with Crippen LogP contribution in [0.5, 0.6) is 5.88 Å². The van der Waals surface area contributed by atoms with Gasteiger partial charge in [-0.25, -0.2) is 4.99 Å². The Morgan fingerprint density at radius 2 is 1.42 bits per heavy atom. The molecule has 0 radical (unpaired) electrons. The molecule has 0 aliphatic heterocycles. The van der Waals surface area contributed by atoms with Gasteiger partial charge in [-0.15, -0.1) is 0 Å². The number of carbonyl (C=O) groups is 1. The van der Waals surface area contributed by atoms with Gasteiger partial charge in [0.1, 0.15) is 5.71 Å². The van der Waals surface area contributed by atoms with Crippen molar-refractivity contribution in [2.45, 2.75) is 0 Å². The molecule has 4 nitrogen and oxygen atoms in total. The van der Waals surface area contributed by atoms with Crippen molar-refractivity contribution in [3.63, 3.8) is 0 Å². The molecule has 0 fully saturated rings. The third-order valence-corrected chi connectivity index (χ3v) is 4.17. The number of aromatic nitrogens is 1. The number of Topliss-reactive ketones (excluding diaryl/α,β-unsaturated/α-hetero) is 1. The fourth-order valence-corrected chi connectivity index (χ4v) is 2.95. The number of carbonyl (C=O) groups excluding carboxylic acids is 1. The van der Waals surface area contributed by atoms with Gasteiger partial charge in [-0.05, 0) is 18.2 Å². The van der Waals surface area contributed by atoms with Gasteiger partial charge >= 0.3 is 0 Å². The first-order chi connectivity index (χ1) is 12.7. The highest BCUT2D eigenvalue weighted by Crippen LogP contribution is 2.30. The third kappa shape index (κ3) is 2.89. The van der Waals surface area contributed by atoms with Crippen LogP contribution in [0.25, 0.3) is 10.9 Å². The predicted octanol–water partition coefficient (Wildman–Crippen LogP) is 4.88. The van der Waals surface area contributed by atoms with Crippen molar-refractivity contribution in [3.8, 4) is 5.88 Å². The number of nitrogens with one attached hydrogen (secondary N) is 1. The van der Waals surface area contributed by atoms with E-state index in [0.29, 0.717) is 16.8 Å². The molecule has 0 aliphatic rings. The van der Waals surface area contributed by atoms with E-state index in [9.17, 15) is 9.90 Å². The molecule has 0 amide bonds. The smallest absolute Gasteiger partial charge is 0.212 e. The van der Waals surface area contributed by atoms with E-state index in [4.69, 9.17) is 0 Å². The van der Waals surface area contributed by atoms with E-state index >= 15 is 0 Å². The summed E-state index contributed by atoms with van der Waals surface area (Å²) in [5, 5.41) is 11.2. The molecule has 4 rings (SSSR count). The van der Waals surface area contributed by atoms with Crippen LogP contribution in [-0.4, -0.2) is 21.6 Å². The van der Waals surface area contributed by atoms with Crippen LogP contribution in [0, 0.1) is 0 Å². The summed E-state index contributed by atoms with van der Waals surface area (Å²) in [6, 6.07) is 25.7. The largest absolute Gasteiger partial charge is 0.494 e. The number of rotatable bonds is 4. The predicted molar refractivity (Wildman–Crippen MR) is 103 cm³/mol. The Morgan fingerprint density at radius 1 is 0.808 bits per heavy atom. The summed E-state index contributed by atoms with van der Waals surface area (Å²) in [5.74, 6) is -0.306. The lowest BCUT2D eigenvalue weighted by Crippen LogP contribution is -2.15. The van der Waals surface area contributed by atoms with Gasteiger partial charge in [0.15, 0.2) is 5.88 Å². The molecule has 26 heavy (non-hydrogen) atoms. The summed E-state index contributed by atoms with van der Waals surface area (Å²) in [5.41, 5.74) is 2.54. The van der Waals surface area contributed by atoms with Crippen molar-refractivity contribution in [3.05, 3.63) is 96.1 Å². The Morgan fingerprint density at radius 3 is 2.15 bits per heavy atom. The van der Waals surface area contributed by atoms with Crippen LogP contribution in [0.3, 0.4) is 0 Å². The summed E-state index contributed by atoms with van der Waals surface area (Å²) in [7, 11) is 0. The van der Waals surface area contributed by atoms with Gasteiger partial charge in [-0.1, -0.05) is 66.7 Å². The number of benzene rings is 3. The lowest BCUT2D eigenvalue weighted by molar-refractivity contribution is 0.106. The second-order valence-electron chi connectivity index (χ2n) is 5.89. The number of nitrogens with zero attached hydrogens (tertiary/aromatic N) is 1. The van der Waals surface area contributed by atoms with E-state index in [1.54, 1.807) is 12.1 Å². The third-order valence-electron chi connectivity index (χ3n) is 4.17. The first-order valence-corrected chi connectivity index (χ1v) is 8.27. The standard InChI is InChI=1S/C22H16N2O2/c25-21(15-9-3-1-4-10-15)20(23-16-11-5-2-6-12-16)19-17-13-7-8-14-18(17)24-22(19)26/h1-14,24,26H. The number of hydrogen-bond donors (Lipinski definition) is 2. The maximum atomic E-state index is 13.2. The highest BCUT2D eigenvalue weighted by atomic mass is 16.3. The second kappa shape index (κ2) is 6.69. The molecule has 126 valence electrons. The summed E-state index contributed by atoms with van der Waals surface area (Å²) in [6.07, 6.45) is 0. The van der Waals surface area contributed by atoms with Crippen molar-refractivity contribution in [2.24, 2.45) is 4.99 Å². The molecular weight excluding hydrogens is 324 g/mol. The van der Waals surface area contributed by atoms with Crippen molar-refractivity contribution in [1.82, 2.24) is 4.98 Å². The van der Waals surface area contributed by atoms with Crippen LogP contribution >= 0.6 is 0 Å². The van der Waals surface area contributed by atoms with Crippen LogP contribution in [0.2, 0.25) is 0 Å². The Balaban J connectivity index is 1.95. The molecule has 0 atom stereocenters. The van der Waals surface area contributed by atoms with Gasteiger partial charge in [0, 0.05) is 16.5 Å². The summed E-state index contributed by atoms with van der Waals surface area (Å²) >= 11 is 0. The lowest BCUT2D eigenvalue weighted by atomic mass is 9.99. The summed E-state index contributed by atoms with van der Waals surface area (Å²) < 4.78 is 0. The Hall–Kier alpha value is -3.66. The quantitative estimate of drug-likeness (QED) is 0.411. The van der Waals surface area contributed by atoms with Gasteiger partial charge in [-0.2, -0.15) is 0 Å². The van der Waals surface area contributed by atoms with E-state index in [1.807, 2.05) is 72.8 Å². The van der Waals surface area contributed by atoms with Crippen LogP contribution in [0.4, 0.5) is 5.69 Å². The topological polar surface area (TPSA) is 65.4 Å². The molecule has 0 spiro atoms. The number of aromatic amines is 1. The highest BCUT2D eigenvalue weighted by molar-refractivity contribution is 6.54. The number of aliphatic imine (C=N–C) groups is 1. The molecule has 0 bridgehead atoms. The van der Waals surface area contributed by atoms with Crippen molar-refractivity contribution < 1.29 is 9.90 Å². The van der Waals surface area contributed by atoms with Crippen molar-refractivity contribution in [1.29, 1.82) is 0 Å². The average molecular weight is 340 g/mol. The van der Waals surface area contributed by atoms with Crippen molar-refractivity contribution in [2.75, 3.05) is 0 Å². The molecule has 4 heteroatoms. The maximum Gasteiger partial charge on any atom is 0.212 e. The molecule has 4 aromatic rings. The van der Waals surface area contributed by atoms with Gasteiger partial charge in [0.25, 0.3) is 0 Å². The molecule has 0 unspecified atom stereocenters. The minimum absolute atomic E-state index is 0.0647. The molecule has 1 heterocycles. The zero-order valence-electron chi connectivity index (χ0n) is 13.9. The highest BCUT2D eigenvalue weighted by Gasteiger charge is 2.23. The molecule has 0 saturated heterocycles. The van der Waals surface area contributed by atoms with Crippen LogP contribution in [-0.2, 0) is 0 Å².